The average molecular weight is 274 g/mol. The zero-order chi connectivity index (χ0) is 13.4. The Balaban J connectivity index is 1.91. The van der Waals surface area contributed by atoms with E-state index in [0.29, 0.717) is 16.6 Å². The molecule has 0 radical (unpaired) electrons. The van der Waals surface area contributed by atoms with Crippen LogP contribution in [0, 0.1) is 6.92 Å². The molecule has 3 rings (SSSR count). The maximum Gasteiger partial charge on any atom is 0.263 e. The second kappa shape index (κ2) is 4.85. The molecular weight excluding hydrogens is 256 g/mol. The number of carbonyl (C=O) groups is 1. The summed E-state index contributed by atoms with van der Waals surface area (Å²) in [7, 11) is 0. The zero-order valence-electron chi connectivity index (χ0n) is 11.0. The third-order valence-electron chi connectivity index (χ3n) is 3.78. The van der Waals surface area contributed by atoms with Crippen LogP contribution in [0.4, 0.5) is 5.69 Å². The van der Waals surface area contributed by atoms with Gasteiger partial charge in [-0.05, 0) is 31.4 Å². The maximum absolute atomic E-state index is 12.3. The van der Waals surface area contributed by atoms with Crippen molar-refractivity contribution in [2.24, 2.45) is 0 Å². The largest absolute Gasteiger partial charge is 0.397 e. The molecule has 0 bridgehead atoms. The number of hydrogen-bond donors (Lipinski definition) is 2. The van der Waals surface area contributed by atoms with Gasteiger partial charge in [0, 0.05) is 16.1 Å². The second-order valence-electron chi connectivity index (χ2n) is 5.30. The quantitative estimate of drug-likeness (QED) is 0.881. The topological polar surface area (TPSA) is 55.1 Å². The maximum atomic E-state index is 12.3. The van der Waals surface area contributed by atoms with Gasteiger partial charge in [0.2, 0.25) is 0 Å². The van der Waals surface area contributed by atoms with Crippen LogP contribution < -0.4 is 11.1 Å². The Morgan fingerprint density at radius 2 is 2.11 bits per heavy atom. The molecule has 0 atom stereocenters. The van der Waals surface area contributed by atoms with Crippen LogP contribution in [0.3, 0.4) is 0 Å². The van der Waals surface area contributed by atoms with Gasteiger partial charge in [0.1, 0.15) is 4.88 Å². The fourth-order valence-electron chi connectivity index (χ4n) is 2.71. The van der Waals surface area contributed by atoms with Crippen molar-refractivity contribution in [2.75, 3.05) is 5.73 Å². The van der Waals surface area contributed by atoms with E-state index in [4.69, 9.17) is 5.73 Å². The van der Waals surface area contributed by atoms with E-state index in [1.165, 1.54) is 29.7 Å². The van der Waals surface area contributed by atoms with Crippen molar-refractivity contribution in [2.45, 2.75) is 38.6 Å². The lowest BCUT2D eigenvalue weighted by Gasteiger charge is -2.10. The molecule has 1 aromatic heterocycles. The Bertz CT molecular complexity index is 626. The first-order valence-corrected chi connectivity index (χ1v) is 7.56. The van der Waals surface area contributed by atoms with Gasteiger partial charge in [-0.3, -0.25) is 4.79 Å². The van der Waals surface area contributed by atoms with Crippen LogP contribution in [0.5, 0.6) is 0 Å². The molecule has 1 fully saturated rings. The lowest BCUT2D eigenvalue weighted by molar-refractivity contribution is 0.0943. The summed E-state index contributed by atoms with van der Waals surface area (Å²) in [4.78, 5) is 13.0. The van der Waals surface area contributed by atoms with E-state index < -0.39 is 0 Å². The van der Waals surface area contributed by atoms with Crippen LogP contribution in [0.25, 0.3) is 10.1 Å². The van der Waals surface area contributed by atoms with E-state index in [2.05, 4.69) is 11.4 Å². The van der Waals surface area contributed by atoms with Crippen molar-refractivity contribution in [1.29, 1.82) is 0 Å². The molecular formula is C15H18N2OS. The number of aryl methyl sites for hydroxylation is 1. The van der Waals surface area contributed by atoms with E-state index in [1.807, 2.05) is 19.1 Å². The van der Waals surface area contributed by atoms with Crippen LogP contribution in [0.2, 0.25) is 0 Å². The molecule has 1 amide bonds. The van der Waals surface area contributed by atoms with Crippen LogP contribution >= 0.6 is 11.3 Å². The SMILES string of the molecule is Cc1ccc2c(N)c(C(=O)NC3CCCC3)sc2c1. The Hall–Kier alpha value is -1.55. The molecule has 1 saturated carbocycles. The van der Waals surface area contributed by atoms with Crippen molar-refractivity contribution >= 4 is 33.0 Å². The van der Waals surface area contributed by atoms with Crippen LogP contribution in [0.15, 0.2) is 18.2 Å². The summed E-state index contributed by atoms with van der Waals surface area (Å²) in [6.07, 6.45) is 4.61. The number of fused-ring (bicyclic) bond motifs is 1. The third kappa shape index (κ3) is 2.32. The number of carbonyl (C=O) groups excluding carboxylic acids is 1. The minimum Gasteiger partial charge on any atom is -0.397 e. The highest BCUT2D eigenvalue weighted by Gasteiger charge is 2.21. The van der Waals surface area contributed by atoms with Gasteiger partial charge >= 0.3 is 0 Å². The van der Waals surface area contributed by atoms with Crippen molar-refractivity contribution in [1.82, 2.24) is 5.32 Å². The number of anilines is 1. The lowest BCUT2D eigenvalue weighted by atomic mass is 10.1. The highest BCUT2D eigenvalue weighted by molar-refractivity contribution is 7.21. The van der Waals surface area contributed by atoms with E-state index >= 15 is 0 Å². The molecule has 4 heteroatoms. The first-order valence-electron chi connectivity index (χ1n) is 6.74. The summed E-state index contributed by atoms with van der Waals surface area (Å²) in [6, 6.07) is 6.45. The van der Waals surface area contributed by atoms with E-state index in [-0.39, 0.29) is 5.91 Å². The van der Waals surface area contributed by atoms with Gasteiger partial charge in [-0.25, -0.2) is 0 Å². The Morgan fingerprint density at radius 1 is 1.37 bits per heavy atom. The molecule has 2 aromatic rings. The molecule has 0 saturated heterocycles. The van der Waals surface area contributed by atoms with Gasteiger partial charge in [0.05, 0.1) is 5.69 Å². The van der Waals surface area contributed by atoms with E-state index in [9.17, 15) is 4.79 Å². The molecule has 1 aliphatic rings. The van der Waals surface area contributed by atoms with Gasteiger partial charge in [0.25, 0.3) is 5.91 Å². The predicted octanol–water partition coefficient (Wildman–Crippen LogP) is 3.46. The minimum atomic E-state index is -0.0109. The molecule has 3 nitrogen and oxygen atoms in total. The molecule has 100 valence electrons. The fourth-order valence-corrected chi connectivity index (χ4v) is 3.84. The summed E-state index contributed by atoms with van der Waals surface area (Å²) in [5.74, 6) is -0.0109. The first kappa shape index (κ1) is 12.5. The number of nitrogens with two attached hydrogens (primary N) is 1. The minimum absolute atomic E-state index is 0.0109. The monoisotopic (exact) mass is 274 g/mol. The highest BCUT2D eigenvalue weighted by Crippen LogP contribution is 2.34. The normalized spacial score (nSPS) is 16.1. The molecule has 3 N–H and O–H groups in total. The van der Waals surface area contributed by atoms with Crippen molar-refractivity contribution in [3.63, 3.8) is 0 Å². The molecule has 0 spiro atoms. The van der Waals surface area contributed by atoms with Gasteiger partial charge in [-0.2, -0.15) is 0 Å². The zero-order valence-corrected chi connectivity index (χ0v) is 11.8. The molecule has 19 heavy (non-hydrogen) atoms. The standard InChI is InChI=1S/C15H18N2OS/c1-9-6-7-11-12(8-9)19-14(13(11)16)15(18)17-10-4-2-3-5-10/h6-8,10H,2-5,16H2,1H3,(H,17,18). The predicted molar refractivity (Wildman–Crippen MR) is 80.7 cm³/mol. The van der Waals surface area contributed by atoms with Crippen molar-refractivity contribution < 1.29 is 4.79 Å². The summed E-state index contributed by atoms with van der Waals surface area (Å²) in [6.45, 7) is 2.05. The van der Waals surface area contributed by atoms with Crippen LogP contribution in [-0.2, 0) is 0 Å². The third-order valence-corrected chi connectivity index (χ3v) is 4.95. The second-order valence-corrected chi connectivity index (χ2v) is 6.35. The van der Waals surface area contributed by atoms with Crippen molar-refractivity contribution in [3.8, 4) is 0 Å². The Kier molecular flexibility index (Phi) is 3.19. The molecule has 0 unspecified atom stereocenters. The number of hydrogen-bond acceptors (Lipinski definition) is 3. The number of thiophene rings is 1. The Morgan fingerprint density at radius 3 is 2.84 bits per heavy atom. The van der Waals surface area contributed by atoms with Crippen LogP contribution in [0.1, 0.15) is 40.9 Å². The number of benzene rings is 1. The molecule has 1 heterocycles. The van der Waals surface area contributed by atoms with Gasteiger partial charge < -0.3 is 11.1 Å². The van der Waals surface area contributed by atoms with Crippen molar-refractivity contribution in [3.05, 3.63) is 28.6 Å². The van der Waals surface area contributed by atoms with E-state index in [1.54, 1.807) is 0 Å². The molecule has 1 aromatic carbocycles. The van der Waals surface area contributed by atoms with E-state index in [0.717, 1.165) is 22.9 Å². The summed E-state index contributed by atoms with van der Waals surface area (Å²) < 4.78 is 1.09. The average Bonchev–Trinajstić information content (AvgIpc) is 2.97. The number of rotatable bonds is 2. The Labute approximate surface area is 116 Å². The van der Waals surface area contributed by atoms with Crippen LogP contribution in [-0.4, -0.2) is 11.9 Å². The summed E-state index contributed by atoms with van der Waals surface area (Å²) >= 11 is 1.49. The lowest BCUT2D eigenvalue weighted by Crippen LogP contribution is -2.32. The summed E-state index contributed by atoms with van der Waals surface area (Å²) in [5, 5.41) is 4.10. The highest BCUT2D eigenvalue weighted by atomic mass is 32.1. The summed E-state index contributed by atoms with van der Waals surface area (Å²) in [5.41, 5.74) is 7.93. The number of nitrogens with one attached hydrogen (secondary N) is 1. The molecule has 0 aliphatic heterocycles. The van der Waals surface area contributed by atoms with Gasteiger partial charge in [0.15, 0.2) is 0 Å². The smallest absolute Gasteiger partial charge is 0.263 e. The van der Waals surface area contributed by atoms with Gasteiger partial charge in [-0.1, -0.05) is 25.0 Å². The molecule has 1 aliphatic carbocycles. The fraction of sp³-hybridized carbons (Fsp3) is 0.400. The number of nitrogen functional groups attached to an aromatic ring is 1. The number of amides is 1. The first-order chi connectivity index (χ1) is 9.15. The van der Waals surface area contributed by atoms with Gasteiger partial charge in [-0.15, -0.1) is 11.3 Å².